The third-order valence-electron chi connectivity index (χ3n) is 2.58. The second kappa shape index (κ2) is 3.82. The smallest absolute Gasteiger partial charge is 0.101 e. The van der Waals surface area contributed by atoms with Crippen molar-refractivity contribution in [3.05, 3.63) is 46.8 Å². The van der Waals surface area contributed by atoms with Crippen LogP contribution in [0.5, 0.6) is 0 Å². The summed E-state index contributed by atoms with van der Waals surface area (Å²) in [5.41, 5.74) is 4.61. The first-order valence-corrected chi connectivity index (χ1v) is 5.17. The molecule has 0 saturated carbocycles. The first-order chi connectivity index (χ1) is 7.63. The molecular formula is C13H13N3. The Kier molecular flexibility index (Phi) is 2.49. The maximum atomic E-state index is 9.11. The van der Waals surface area contributed by atoms with Gasteiger partial charge < -0.3 is 0 Å². The summed E-state index contributed by atoms with van der Waals surface area (Å²) in [6.07, 6.45) is 0. The number of nitriles is 1. The fraction of sp³-hybridized carbons (Fsp3) is 0.231. The number of hydrogen-bond acceptors (Lipinski definition) is 2. The Balaban J connectivity index is 2.73. The Hall–Kier alpha value is -2.08. The lowest BCUT2D eigenvalue weighted by atomic mass is 10.1. The number of aromatic nitrogens is 2. The Bertz CT molecular complexity index is 573. The van der Waals surface area contributed by atoms with Gasteiger partial charge in [-0.25, -0.2) is 4.68 Å². The highest BCUT2D eigenvalue weighted by Crippen LogP contribution is 2.20. The summed E-state index contributed by atoms with van der Waals surface area (Å²) in [5.74, 6) is 0. The fourth-order valence-corrected chi connectivity index (χ4v) is 1.89. The molecule has 0 fully saturated rings. The van der Waals surface area contributed by atoms with Gasteiger partial charge in [-0.15, -0.1) is 0 Å². The molecule has 2 aromatic rings. The third-order valence-corrected chi connectivity index (χ3v) is 2.58. The van der Waals surface area contributed by atoms with Gasteiger partial charge in [0.2, 0.25) is 0 Å². The summed E-state index contributed by atoms with van der Waals surface area (Å²) in [6.45, 7) is 5.94. The van der Waals surface area contributed by atoms with E-state index in [1.807, 2.05) is 49.7 Å². The molecule has 0 spiro atoms. The predicted molar refractivity (Wildman–Crippen MR) is 62.5 cm³/mol. The molecule has 3 heteroatoms. The summed E-state index contributed by atoms with van der Waals surface area (Å²) < 4.78 is 1.84. The maximum absolute atomic E-state index is 9.11. The summed E-state index contributed by atoms with van der Waals surface area (Å²) in [5, 5.41) is 13.5. The van der Waals surface area contributed by atoms with E-state index in [4.69, 9.17) is 5.26 Å². The van der Waals surface area contributed by atoms with Crippen molar-refractivity contribution < 1.29 is 0 Å². The van der Waals surface area contributed by atoms with E-state index in [2.05, 4.69) is 11.2 Å². The minimum atomic E-state index is 0.659. The van der Waals surface area contributed by atoms with Gasteiger partial charge in [-0.3, -0.25) is 0 Å². The summed E-state index contributed by atoms with van der Waals surface area (Å²) in [7, 11) is 0. The zero-order valence-electron chi connectivity index (χ0n) is 9.65. The average Bonchev–Trinajstić information content (AvgIpc) is 2.57. The molecule has 1 heterocycles. The van der Waals surface area contributed by atoms with Crippen molar-refractivity contribution >= 4 is 0 Å². The van der Waals surface area contributed by atoms with Crippen LogP contribution in [0.1, 0.15) is 22.5 Å². The van der Waals surface area contributed by atoms with Crippen LogP contribution in [0.25, 0.3) is 5.69 Å². The van der Waals surface area contributed by atoms with Crippen molar-refractivity contribution in [2.24, 2.45) is 0 Å². The second-order valence-electron chi connectivity index (χ2n) is 3.92. The topological polar surface area (TPSA) is 41.6 Å². The molecule has 0 atom stereocenters. The standard InChI is InChI=1S/C13H13N3/c1-9-5-4-6-12(8-14)13(9)16-11(3)7-10(2)15-16/h4-7H,1-3H3. The molecule has 0 aliphatic rings. The lowest BCUT2D eigenvalue weighted by Crippen LogP contribution is -2.04. The molecule has 3 nitrogen and oxygen atoms in total. The Morgan fingerprint density at radius 1 is 1.25 bits per heavy atom. The Morgan fingerprint density at radius 2 is 2.00 bits per heavy atom. The molecule has 80 valence electrons. The molecule has 0 aliphatic heterocycles. The maximum Gasteiger partial charge on any atom is 0.101 e. The SMILES string of the molecule is Cc1cc(C)n(-c2c(C)cccc2C#N)n1. The lowest BCUT2D eigenvalue weighted by molar-refractivity contribution is 0.825. The van der Waals surface area contributed by atoms with E-state index < -0.39 is 0 Å². The van der Waals surface area contributed by atoms with Crippen LogP contribution < -0.4 is 0 Å². The van der Waals surface area contributed by atoms with Gasteiger partial charge in [0, 0.05) is 5.69 Å². The van der Waals surface area contributed by atoms with E-state index in [0.29, 0.717) is 5.56 Å². The van der Waals surface area contributed by atoms with Gasteiger partial charge in [-0.2, -0.15) is 10.4 Å². The van der Waals surface area contributed by atoms with E-state index in [-0.39, 0.29) is 0 Å². The average molecular weight is 211 g/mol. The molecular weight excluding hydrogens is 198 g/mol. The van der Waals surface area contributed by atoms with Gasteiger partial charge in [0.05, 0.1) is 16.9 Å². The van der Waals surface area contributed by atoms with Gasteiger partial charge in [-0.05, 0) is 38.5 Å². The van der Waals surface area contributed by atoms with Crippen LogP contribution in [0.4, 0.5) is 0 Å². The van der Waals surface area contributed by atoms with E-state index in [1.165, 1.54) is 0 Å². The van der Waals surface area contributed by atoms with Crippen molar-refractivity contribution in [3.63, 3.8) is 0 Å². The number of para-hydroxylation sites is 1. The lowest BCUT2D eigenvalue weighted by Gasteiger charge is -2.09. The zero-order valence-corrected chi connectivity index (χ0v) is 9.65. The number of rotatable bonds is 1. The van der Waals surface area contributed by atoms with Crippen LogP contribution in [-0.4, -0.2) is 9.78 Å². The van der Waals surface area contributed by atoms with Crippen molar-refractivity contribution in [1.82, 2.24) is 9.78 Å². The van der Waals surface area contributed by atoms with Crippen LogP contribution in [0.3, 0.4) is 0 Å². The molecule has 1 aromatic carbocycles. The molecule has 0 radical (unpaired) electrons. The molecule has 16 heavy (non-hydrogen) atoms. The first-order valence-electron chi connectivity index (χ1n) is 5.17. The quantitative estimate of drug-likeness (QED) is 0.727. The van der Waals surface area contributed by atoms with Crippen LogP contribution in [0.15, 0.2) is 24.3 Å². The monoisotopic (exact) mass is 211 g/mol. The zero-order chi connectivity index (χ0) is 11.7. The molecule has 0 amide bonds. The summed E-state index contributed by atoms with van der Waals surface area (Å²) in [4.78, 5) is 0. The van der Waals surface area contributed by atoms with Crippen molar-refractivity contribution in [1.29, 1.82) is 5.26 Å². The highest BCUT2D eigenvalue weighted by molar-refractivity contribution is 5.53. The van der Waals surface area contributed by atoms with Crippen LogP contribution in [-0.2, 0) is 0 Å². The van der Waals surface area contributed by atoms with Crippen LogP contribution in [0, 0.1) is 32.1 Å². The van der Waals surface area contributed by atoms with Crippen molar-refractivity contribution in [3.8, 4) is 11.8 Å². The molecule has 0 N–H and O–H groups in total. The molecule has 0 unspecified atom stereocenters. The van der Waals surface area contributed by atoms with Gasteiger partial charge in [0.25, 0.3) is 0 Å². The normalized spacial score (nSPS) is 10.1. The Morgan fingerprint density at radius 3 is 2.56 bits per heavy atom. The molecule has 2 rings (SSSR count). The van der Waals surface area contributed by atoms with Crippen LogP contribution in [0.2, 0.25) is 0 Å². The number of aryl methyl sites for hydroxylation is 3. The van der Waals surface area contributed by atoms with Crippen LogP contribution >= 0.6 is 0 Å². The highest BCUT2D eigenvalue weighted by atomic mass is 15.3. The van der Waals surface area contributed by atoms with Gasteiger partial charge in [-0.1, -0.05) is 12.1 Å². The van der Waals surface area contributed by atoms with E-state index in [1.54, 1.807) is 0 Å². The second-order valence-corrected chi connectivity index (χ2v) is 3.92. The number of nitrogens with zero attached hydrogens (tertiary/aromatic N) is 3. The third kappa shape index (κ3) is 1.59. The molecule has 1 aromatic heterocycles. The van der Waals surface area contributed by atoms with E-state index in [9.17, 15) is 0 Å². The van der Waals surface area contributed by atoms with Gasteiger partial charge in [0.15, 0.2) is 0 Å². The minimum absolute atomic E-state index is 0.659. The number of benzene rings is 1. The fourth-order valence-electron chi connectivity index (χ4n) is 1.89. The molecule has 0 bridgehead atoms. The van der Waals surface area contributed by atoms with Crippen molar-refractivity contribution in [2.45, 2.75) is 20.8 Å². The first kappa shape index (κ1) is 10.4. The van der Waals surface area contributed by atoms with E-state index in [0.717, 1.165) is 22.6 Å². The van der Waals surface area contributed by atoms with Gasteiger partial charge >= 0.3 is 0 Å². The molecule has 0 aliphatic carbocycles. The summed E-state index contributed by atoms with van der Waals surface area (Å²) >= 11 is 0. The Labute approximate surface area is 94.9 Å². The largest absolute Gasteiger partial charge is 0.236 e. The predicted octanol–water partition coefficient (Wildman–Crippen LogP) is 2.67. The highest BCUT2D eigenvalue weighted by Gasteiger charge is 2.10. The summed E-state index contributed by atoms with van der Waals surface area (Å²) in [6, 6.07) is 9.92. The van der Waals surface area contributed by atoms with Crippen molar-refractivity contribution in [2.75, 3.05) is 0 Å². The van der Waals surface area contributed by atoms with Gasteiger partial charge in [0.1, 0.15) is 6.07 Å². The molecule has 0 saturated heterocycles. The van der Waals surface area contributed by atoms with E-state index >= 15 is 0 Å². The number of hydrogen-bond donors (Lipinski definition) is 0. The minimum Gasteiger partial charge on any atom is -0.236 e.